The topological polar surface area (TPSA) is 54.4 Å². The number of rotatable bonds is 2. The highest BCUT2D eigenvalue weighted by molar-refractivity contribution is 6.31. The summed E-state index contributed by atoms with van der Waals surface area (Å²) in [6.45, 7) is 0. The summed E-state index contributed by atoms with van der Waals surface area (Å²) in [6, 6.07) is 4.58. The fourth-order valence-electron chi connectivity index (χ4n) is 2.40. The molecule has 0 heterocycles. The van der Waals surface area contributed by atoms with E-state index in [1.54, 1.807) is 6.07 Å². The van der Waals surface area contributed by atoms with Crippen LogP contribution in [0.2, 0.25) is 5.02 Å². The van der Waals surface area contributed by atoms with Crippen LogP contribution in [-0.4, -0.2) is 23.5 Å². The monoisotopic (exact) mass is 354 g/mol. The third-order valence-electron chi connectivity index (χ3n) is 3.61. The molecule has 0 amide bonds. The van der Waals surface area contributed by atoms with Crippen LogP contribution in [0.4, 0.5) is 17.6 Å². The van der Waals surface area contributed by atoms with Crippen LogP contribution < -0.4 is 0 Å². The molecule has 1 aliphatic carbocycles. The van der Waals surface area contributed by atoms with Gasteiger partial charge in [0.15, 0.2) is 0 Å². The molecule has 1 fully saturated rings. The molecule has 0 bridgehead atoms. The average molecular weight is 355 g/mol. The number of carbonyl (C=O) groups is 2. The maximum atomic E-state index is 12.9. The number of aldehydes is 1. The lowest BCUT2D eigenvalue weighted by Gasteiger charge is -2.26. The second kappa shape index (κ2) is 8.29. The fraction of sp³-hybridized carbons (Fsp3) is 0.467. The summed E-state index contributed by atoms with van der Waals surface area (Å²) < 4.78 is 44.6. The van der Waals surface area contributed by atoms with E-state index in [2.05, 4.69) is 0 Å². The van der Waals surface area contributed by atoms with Gasteiger partial charge in [-0.1, -0.05) is 17.7 Å². The maximum Gasteiger partial charge on any atom is 0.490 e. The summed E-state index contributed by atoms with van der Waals surface area (Å²) in [5.74, 6) is -2.47. The summed E-state index contributed by atoms with van der Waals surface area (Å²) in [7, 11) is 0. The van der Waals surface area contributed by atoms with Gasteiger partial charge in [0.1, 0.15) is 12.1 Å². The van der Waals surface area contributed by atoms with Gasteiger partial charge < -0.3 is 9.90 Å². The highest BCUT2D eigenvalue weighted by Crippen LogP contribution is 2.38. The number of halogens is 5. The molecular weight excluding hydrogens is 340 g/mol. The first-order valence-electron chi connectivity index (χ1n) is 6.85. The molecule has 0 aromatic heterocycles. The van der Waals surface area contributed by atoms with Crippen molar-refractivity contribution in [3.05, 3.63) is 34.6 Å². The minimum absolute atomic E-state index is 0.204. The van der Waals surface area contributed by atoms with Crippen molar-refractivity contribution in [1.82, 2.24) is 0 Å². The second-order valence-electron chi connectivity index (χ2n) is 5.22. The maximum absolute atomic E-state index is 12.9. The molecule has 0 atom stereocenters. The number of hydrogen-bond acceptors (Lipinski definition) is 2. The van der Waals surface area contributed by atoms with Gasteiger partial charge in [-0.15, -0.1) is 0 Å². The first kappa shape index (κ1) is 19.4. The quantitative estimate of drug-likeness (QED) is 0.624. The van der Waals surface area contributed by atoms with Crippen LogP contribution in [0.5, 0.6) is 0 Å². The third kappa shape index (κ3) is 6.17. The van der Waals surface area contributed by atoms with Crippen molar-refractivity contribution in [2.45, 2.75) is 37.8 Å². The lowest BCUT2D eigenvalue weighted by atomic mass is 9.79. The Balaban J connectivity index is 0.000000322. The van der Waals surface area contributed by atoms with Gasteiger partial charge in [-0.05, 0) is 49.3 Å². The highest BCUT2D eigenvalue weighted by Gasteiger charge is 2.38. The zero-order valence-corrected chi connectivity index (χ0v) is 12.7. The van der Waals surface area contributed by atoms with Gasteiger partial charge in [0, 0.05) is 10.9 Å². The number of carbonyl (C=O) groups excluding carboxylic acids is 1. The molecule has 0 radical (unpaired) electrons. The van der Waals surface area contributed by atoms with E-state index in [1.807, 2.05) is 0 Å². The van der Waals surface area contributed by atoms with Crippen LogP contribution >= 0.6 is 11.6 Å². The van der Waals surface area contributed by atoms with Crippen LogP contribution in [0, 0.1) is 11.7 Å². The van der Waals surface area contributed by atoms with E-state index in [0.717, 1.165) is 37.5 Å². The molecular formula is C15H15ClF4O3. The number of alkyl halides is 3. The van der Waals surface area contributed by atoms with Gasteiger partial charge in [0.05, 0.1) is 0 Å². The minimum Gasteiger partial charge on any atom is -0.475 e. The Labute approximate surface area is 135 Å². The SMILES string of the molecule is O=C(O)C(F)(F)F.O=CC1CCC(c2ccc(F)cc2Cl)CC1. The predicted octanol–water partition coefficient (Wildman–Crippen LogP) is 4.59. The lowest BCUT2D eigenvalue weighted by molar-refractivity contribution is -0.192. The highest BCUT2D eigenvalue weighted by atomic mass is 35.5. The van der Waals surface area contributed by atoms with Crippen molar-refractivity contribution >= 4 is 23.9 Å². The first-order chi connectivity index (χ1) is 10.6. The molecule has 1 N–H and O–H groups in total. The molecule has 3 nitrogen and oxygen atoms in total. The summed E-state index contributed by atoms with van der Waals surface area (Å²) in [4.78, 5) is 19.5. The Morgan fingerprint density at radius 2 is 1.74 bits per heavy atom. The normalized spacial score (nSPS) is 21.1. The van der Waals surface area contributed by atoms with Crippen LogP contribution in [0.15, 0.2) is 18.2 Å². The second-order valence-corrected chi connectivity index (χ2v) is 5.62. The summed E-state index contributed by atoms with van der Waals surface area (Å²) >= 11 is 6.02. The Bertz CT molecular complexity index is 552. The smallest absolute Gasteiger partial charge is 0.475 e. The Morgan fingerprint density at radius 3 is 2.13 bits per heavy atom. The molecule has 0 saturated heterocycles. The largest absolute Gasteiger partial charge is 0.490 e. The molecule has 1 saturated carbocycles. The van der Waals surface area contributed by atoms with E-state index < -0.39 is 12.1 Å². The van der Waals surface area contributed by atoms with Crippen molar-refractivity contribution in [2.75, 3.05) is 0 Å². The van der Waals surface area contributed by atoms with Gasteiger partial charge in [-0.2, -0.15) is 13.2 Å². The molecule has 1 aromatic carbocycles. The molecule has 2 rings (SSSR count). The van der Waals surface area contributed by atoms with E-state index in [1.165, 1.54) is 12.1 Å². The zero-order chi connectivity index (χ0) is 17.6. The minimum atomic E-state index is -5.08. The molecule has 8 heteroatoms. The molecule has 128 valence electrons. The van der Waals surface area contributed by atoms with Crippen LogP contribution in [0.25, 0.3) is 0 Å². The van der Waals surface area contributed by atoms with Crippen molar-refractivity contribution in [1.29, 1.82) is 0 Å². The van der Waals surface area contributed by atoms with E-state index in [4.69, 9.17) is 21.5 Å². The molecule has 1 aliphatic rings. The Morgan fingerprint density at radius 1 is 1.22 bits per heavy atom. The van der Waals surface area contributed by atoms with Crippen molar-refractivity contribution in [3.8, 4) is 0 Å². The van der Waals surface area contributed by atoms with Crippen molar-refractivity contribution in [3.63, 3.8) is 0 Å². The van der Waals surface area contributed by atoms with Gasteiger partial charge in [0.2, 0.25) is 0 Å². The van der Waals surface area contributed by atoms with Gasteiger partial charge in [0.25, 0.3) is 0 Å². The van der Waals surface area contributed by atoms with E-state index >= 15 is 0 Å². The molecule has 0 aliphatic heterocycles. The van der Waals surface area contributed by atoms with Crippen LogP contribution in [0.3, 0.4) is 0 Å². The van der Waals surface area contributed by atoms with Crippen LogP contribution in [-0.2, 0) is 9.59 Å². The summed E-state index contributed by atoms with van der Waals surface area (Å²) in [5, 5.41) is 7.63. The van der Waals surface area contributed by atoms with Crippen LogP contribution in [0.1, 0.15) is 37.2 Å². The molecule has 0 spiro atoms. The third-order valence-corrected chi connectivity index (χ3v) is 3.94. The first-order valence-corrected chi connectivity index (χ1v) is 7.23. The number of aliphatic carboxylic acids is 1. The number of carboxylic acid groups (broad SMARTS) is 1. The van der Waals surface area contributed by atoms with Gasteiger partial charge >= 0.3 is 12.1 Å². The standard InChI is InChI=1S/C13H14ClFO.C2HF3O2/c14-13-7-11(15)5-6-12(13)10-3-1-9(8-16)2-4-10;3-2(4,5)1(6)7/h5-10H,1-4H2;(H,6,7). The van der Waals surface area contributed by atoms with E-state index in [0.29, 0.717) is 10.9 Å². The number of carboxylic acids is 1. The number of hydrogen-bond donors (Lipinski definition) is 1. The fourth-order valence-corrected chi connectivity index (χ4v) is 2.72. The van der Waals surface area contributed by atoms with E-state index in [-0.39, 0.29) is 11.7 Å². The Kier molecular flexibility index (Phi) is 7.00. The summed E-state index contributed by atoms with van der Waals surface area (Å²) in [5.41, 5.74) is 1.02. The zero-order valence-electron chi connectivity index (χ0n) is 11.9. The molecule has 1 aromatic rings. The Hall–Kier alpha value is -1.63. The van der Waals surface area contributed by atoms with Crippen molar-refractivity contribution < 1.29 is 32.3 Å². The van der Waals surface area contributed by atoms with Crippen molar-refractivity contribution in [2.24, 2.45) is 5.92 Å². The van der Waals surface area contributed by atoms with Gasteiger partial charge in [-0.3, -0.25) is 0 Å². The predicted molar refractivity (Wildman–Crippen MR) is 75.9 cm³/mol. The molecule has 23 heavy (non-hydrogen) atoms. The molecule has 0 unspecified atom stereocenters. The number of benzene rings is 1. The van der Waals surface area contributed by atoms with Gasteiger partial charge in [-0.25, -0.2) is 9.18 Å². The average Bonchev–Trinajstić information content (AvgIpc) is 2.47. The lowest BCUT2D eigenvalue weighted by Crippen LogP contribution is -2.21. The summed E-state index contributed by atoms with van der Waals surface area (Å²) in [6.07, 6.45) is -0.268. The van der Waals surface area contributed by atoms with E-state index in [9.17, 15) is 22.4 Å².